The third-order valence-corrected chi connectivity index (χ3v) is 3.11. The smallest absolute Gasteiger partial charge is 0.129 e. The van der Waals surface area contributed by atoms with Gasteiger partial charge in [-0.1, -0.05) is 17.7 Å². The summed E-state index contributed by atoms with van der Waals surface area (Å²) in [5.74, 6) is -0.398. The van der Waals surface area contributed by atoms with Crippen molar-refractivity contribution < 1.29 is 4.39 Å². The monoisotopic (exact) mass is 242 g/mol. The van der Waals surface area contributed by atoms with Gasteiger partial charge in [-0.3, -0.25) is 0 Å². The van der Waals surface area contributed by atoms with Crippen molar-refractivity contribution in [3.8, 4) is 0 Å². The molecule has 1 atom stereocenters. The summed E-state index contributed by atoms with van der Waals surface area (Å²) in [5, 5.41) is 2.86. The number of rotatable bonds is 2. The van der Waals surface area contributed by atoms with Gasteiger partial charge in [0.2, 0.25) is 0 Å². The van der Waals surface area contributed by atoms with Gasteiger partial charge in [0.05, 0.1) is 6.04 Å². The summed E-state index contributed by atoms with van der Waals surface area (Å²) in [5.41, 5.74) is 6.29. The Morgan fingerprint density at radius 3 is 2.87 bits per heavy atom. The van der Waals surface area contributed by atoms with Crippen LogP contribution in [-0.2, 0) is 0 Å². The SMILES string of the molecule is NC(c1nccs1)c1ccc(Cl)cc1F. The van der Waals surface area contributed by atoms with Gasteiger partial charge in [0.1, 0.15) is 10.8 Å². The lowest BCUT2D eigenvalue weighted by Crippen LogP contribution is -2.13. The normalized spacial score (nSPS) is 12.7. The van der Waals surface area contributed by atoms with Crippen LogP contribution in [-0.4, -0.2) is 4.98 Å². The van der Waals surface area contributed by atoms with Crippen molar-refractivity contribution in [2.75, 3.05) is 0 Å². The van der Waals surface area contributed by atoms with Crippen molar-refractivity contribution in [2.45, 2.75) is 6.04 Å². The maximum absolute atomic E-state index is 13.5. The van der Waals surface area contributed by atoms with E-state index in [4.69, 9.17) is 17.3 Å². The van der Waals surface area contributed by atoms with Crippen molar-refractivity contribution in [3.05, 3.63) is 51.2 Å². The number of thiazole rings is 1. The van der Waals surface area contributed by atoms with Crippen molar-refractivity contribution >= 4 is 22.9 Å². The Kier molecular flexibility index (Phi) is 3.00. The standard InChI is InChI=1S/C10H8ClFN2S/c11-6-1-2-7(8(12)5-6)9(13)10-14-3-4-15-10/h1-5,9H,13H2. The van der Waals surface area contributed by atoms with E-state index in [1.165, 1.54) is 17.4 Å². The maximum atomic E-state index is 13.5. The van der Waals surface area contributed by atoms with Gasteiger partial charge < -0.3 is 5.73 Å². The van der Waals surface area contributed by atoms with E-state index in [-0.39, 0.29) is 0 Å². The van der Waals surface area contributed by atoms with Gasteiger partial charge in [-0.25, -0.2) is 9.37 Å². The first-order valence-corrected chi connectivity index (χ1v) is 5.54. The summed E-state index contributed by atoms with van der Waals surface area (Å²) < 4.78 is 13.5. The minimum atomic E-state index is -0.526. The summed E-state index contributed by atoms with van der Waals surface area (Å²) in [4.78, 5) is 4.05. The molecule has 2 nitrogen and oxygen atoms in total. The number of hydrogen-bond donors (Lipinski definition) is 1. The van der Waals surface area contributed by atoms with Crippen LogP contribution in [0.1, 0.15) is 16.6 Å². The number of aromatic nitrogens is 1. The number of benzene rings is 1. The second-order valence-electron chi connectivity index (χ2n) is 3.01. The highest BCUT2D eigenvalue weighted by Gasteiger charge is 2.15. The van der Waals surface area contributed by atoms with Crippen LogP contribution >= 0.6 is 22.9 Å². The van der Waals surface area contributed by atoms with E-state index in [1.807, 2.05) is 5.38 Å². The van der Waals surface area contributed by atoms with Crippen LogP contribution < -0.4 is 5.73 Å². The third-order valence-electron chi connectivity index (χ3n) is 2.02. The number of hydrogen-bond acceptors (Lipinski definition) is 3. The summed E-state index contributed by atoms with van der Waals surface area (Å²) in [7, 11) is 0. The van der Waals surface area contributed by atoms with Crippen molar-refractivity contribution in [1.82, 2.24) is 4.98 Å². The minimum absolute atomic E-state index is 0.364. The Hall–Kier alpha value is -0.970. The molecule has 1 aromatic carbocycles. The predicted molar refractivity (Wildman–Crippen MR) is 59.6 cm³/mol. The minimum Gasteiger partial charge on any atom is -0.318 e. The van der Waals surface area contributed by atoms with Crippen LogP contribution in [0.2, 0.25) is 5.02 Å². The van der Waals surface area contributed by atoms with Crippen LogP contribution in [0.15, 0.2) is 29.8 Å². The molecule has 78 valence electrons. The molecule has 0 spiro atoms. The summed E-state index contributed by atoms with van der Waals surface area (Å²) in [6.45, 7) is 0. The molecule has 0 aliphatic rings. The van der Waals surface area contributed by atoms with E-state index >= 15 is 0 Å². The van der Waals surface area contributed by atoms with Gasteiger partial charge in [-0.05, 0) is 12.1 Å². The van der Waals surface area contributed by atoms with E-state index < -0.39 is 11.9 Å². The Balaban J connectivity index is 2.38. The first-order valence-electron chi connectivity index (χ1n) is 4.28. The molecule has 0 amide bonds. The molecule has 0 radical (unpaired) electrons. The number of nitrogens with zero attached hydrogens (tertiary/aromatic N) is 1. The molecular weight excluding hydrogens is 235 g/mol. The van der Waals surface area contributed by atoms with E-state index in [1.54, 1.807) is 18.3 Å². The van der Waals surface area contributed by atoms with Crippen LogP contribution in [0.4, 0.5) is 4.39 Å². The van der Waals surface area contributed by atoms with Crippen LogP contribution in [0, 0.1) is 5.82 Å². The van der Waals surface area contributed by atoms with Crippen molar-refractivity contribution in [1.29, 1.82) is 0 Å². The lowest BCUT2D eigenvalue weighted by Gasteiger charge is -2.09. The number of halogens is 2. The lowest BCUT2D eigenvalue weighted by molar-refractivity contribution is 0.599. The summed E-state index contributed by atoms with van der Waals surface area (Å²) in [6, 6.07) is 3.93. The molecule has 2 aromatic rings. The third kappa shape index (κ3) is 2.17. The lowest BCUT2D eigenvalue weighted by atomic mass is 10.1. The average molecular weight is 243 g/mol. The van der Waals surface area contributed by atoms with E-state index in [0.29, 0.717) is 15.6 Å². The van der Waals surface area contributed by atoms with Crippen LogP contribution in [0.25, 0.3) is 0 Å². The van der Waals surface area contributed by atoms with Gasteiger partial charge in [0.15, 0.2) is 0 Å². The topological polar surface area (TPSA) is 38.9 Å². The average Bonchev–Trinajstić information content (AvgIpc) is 2.69. The van der Waals surface area contributed by atoms with Crippen LogP contribution in [0.3, 0.4) is 0 Å². The van der Waals surface area contributed by atoms with Crippen LogP contribution in [0.5, 0.6) is 0 Å². The Morgan fingerprint density at radius 1 is 1.47 bits per heavy atom. The quantitative estimate of drug-likeness (QED) is 0.879. The molecule has 1 aromatic heterocycles. The molecule has 1 unspecified atom stereocenters. The zero-order valence-corrected chi connectivity index (χ0v) is 9.23. The molecule has 0 bridgehead atoms. The fraction of sp³-hybridized carbons (Fsp3) is 0.100. The maximum Gasteiger partial charge on any atom is 0.129 e. The predicted octanol–water partition coefficient (Wildman–Crippen LogP) is 2.98. The largest absolute Gasteiger partial charge is 0.318 e. The second-order valence-corrected chi connectivity index (χ2v) is 4.38. The highest BCUT2D eigenvalue weighted by atomic mass is 35.5. The first kappa shape index (κ1) is 10.5. The molecule has 0 aliphatic heterocycles. The highest BCUT2D eigenvalue weighted by Crippen LogP contribution is 2.25. The van der Waals surface area contributed by atoms with Gasteiger partial charge in [0, 0.05) is 22.2 Å². The van der Waals surface area contributed by atoms with Crippen molar-refractivity contribution in [2.24, 2.45) is 5.73 Å². The van der Waals surface area contributed by atoms with E-state index in [2.05, 4.69) is 4.98 Å². The second kappa shape index (κ2) is 4.26. The Morgan fingerprint density at radius 2 is 2.27 bits per heavy atom. The summed E-state index contributed by atoms with van der Waals surface area (Å²) in [6.07, 6.45) is 1.65. The zero-order valence-electron chi connectivity index (χ0n) is 7.65. The molecule has 2 N–H and O–H groups in total. The molecule has 0 fully saturated rings. The van der Waals surface area contributed by atoms with E-state index in [0.717, 1.165) is 0 Å². The molecule has 1 heterocycles. The first-order chi connectivity index (χ1) is 7.18. The van der Waals surface area contributed by atoms with Gasteiger partial charge in [0.25, 0.3) is 0 Å². The fourth-order valence-corrected chi connectivity index (χ4v) is 2.09. The van der Waals surface area contributed by atoms with E-state index in [9.17, 15) is 4.39 Å². The zero-order chi connectivity index (χ0) is 10.8. The Bertz CT molecular complexity index is 458. The molecule has 0 aliphatic carbocycles. The summed E-state index contributed by atoms with van der Waals surface area (Å²) >= 11 is 7.06. The number of nitrogens with two attached hydrogens (primary N) is 1. The van der Waals surface area contributed by atoms with Gasteiger partial charge in [-0.2, -0.15) is 0 Å². The van der Waals surface area contributed by atoms with Crippen molar-refractivity contribution in [3.63, 3.8) is 0 Å². The molecule has 15 heavy (non-hydrogen) atoms. The molecule has 2 rings (SSSR count). The molecule has 0 saturated heterocycles. The van der Waals surface area contributed by atoms with Gasteiger partial charge >= 0.3 is 0 Å². The van der Waals surface area contributed by atoms with Gasteiger partial charge in [-0.15, -0.1) is 11.3 Å². The fourth-order valence-electron chi connectivity index (χ4n) is 1.27. The highest BCUT2D eigenvalue weighted by molar-refractivity contribution is 7.09. The molecule has 5 heteroatoms. The molecule has 0 saturated carbocycles. The Labute approximate surface area is 95.5 Å². The molecular formula is C10H8ClFN2S.